The highest BCUT2D eigenvalue weighted by Crippen LogP contribution is 2.42. The van der Waals surface area contributed by atoms with Crippen LogP contribution in [0.5, 0.6) is 5.75 Å². The van der Waals surface area contributed by atoms with Crippen LogP contribution in [0.3, 0.4) is 0 Å². The van der Waals surface area contributed by atoms with E-state index in [0.29, 0.717) is 0 Å². The average molecular weight is 371 g/mol. The third-order valence-corrected chi connectivity index (χ3v) is 6.12. The molecule has 2 atom stereocenters. The summed E-state index contributed by atoms with van der Waals surface area (Å²) in [5, 5.41) is 0. The second-order valence-electron chi connectivity index (χ2n) is 7.84. The molecule has 2 heterocycles. The van der Waals surface area contributed by atoms with E-state index >= 15 is 0 Å². The molecule has 0 N–H and O–H groups in total. The molecule has 27 heavy (non-hydrogen) atoms. The van der Waals surface area contributed by atoms with Crippen LogP contribution in [-0.4, -0.2) is 68.0 Å². The van der Waals surface area contributed by atoms with E-state index in [4.69, 9.17) is 4.74 Å². The van der Waals surface area contributed by atoms with Gasteiger partial charge in [-0.1, -0.05) is 0 Å². The van der Waals surface area contributed by atoms with E-state index in [1.807, 2.05) is 21.9 Å². The van der Waals surface area contributed by atoms with Crippen LogP contribution in [-0.2, 0) is 9.59 Å². The summed E-state index contributed by atoms with van der Waals surface area (Å²) in [5.41, 5.74) is 1.16. The fraction of sp³-hybridized carbons (Fsp3) is 0.619. The van der Waals surface area contributed by atoms with E-state index < -0.39 is 0 Å². The lowest BCUT2D eigenvalue weighted by Gasteiger charge is -2.36. The average Bonchev–Trinajstić information content (AvgIpc) is 3.54. The van der Waals surface area contributed by atoms with Crippen LogP contribution in [0.1, 0.15) is 25.7 Å². The van der Waals surface area contributed by atoms with E-state index in [2.05, 4.69) is 17.0 Å². The molecule has 2 saturated heterocycles. The lowest BCUT2D eigenvalue weighted by atomic mass is 10.1. The highest BCUT2D eigenvalue weighted by atomic mass is 16.5. The van der Waals surface area contributed by atoms with Crippen molar-refractivity contribution in [3.63, 3.8) is 0 Å². The third kappa shape index (κ3) is 3.89. The first-order valence-corrected chi connectivity index (χ1v) is 10.1. The van der Waals surface area contributed by atoms with Crippen LogP contribution < -0.4 is 9.64 Å². The zero-order chi connectivity index (χ0) is 18.8. The van der Waals surface area contributed by atoms with Gasteiger partial charge >= 0.3 is 0 Å². The smallest absolute Gasteiger partial charge is 0.226 e. The van der Waals surface area contributed by atoms with Gasteiger partial charge in [0.2, 0.25) is 11.8 Å². The molecule has 2 aliphatic heterocycles. The predicted octanol–water partition coefficient (Wildman–Crippen LogP) is 1.99. The van der Waals surface area contributed by atoms with Crippen molar-refractivity contribution in [1.29, 1.82) is 0 Å². The van der Waals surface area contributed by atoms with E-state index in [1.54, 1.807) is 7.11 Å². The highest BCUT2D eigenvalue weighted by Gasteiger charge is 2.51. The number of methoxy groups -OCH3 is 1. The number of anilines is 1. The molecule has 3 aliphatic rings. The van der Waals surface area contributed by atoms with Crippen LogP contribution in [0.2, 0.25) is 0 Å². The van der Waals surface area contributed by atoms with Gasteiger partial charge < -0.3 is 19.4 Å². The largest absolute Gasteiger partial charge is 0.497 e. The third-order valence-electron chi connectivity index (χ3n) is 6.12. The number of benzene rings is 1. The molecule has 6 heteroatoms. The Morgan fingerprint density at radius 1 is 0.815 bits per heavy atom. The molecule has 2 amide bonds. The Kier molecular flexibility index (Phi) is 5.23. The maximum absolute atomic E-state index is 12.8. The molecule has 4 rings (SSSR count). The summed E-state index contributed by atoms with van der Waals surface area (Å²) in [6.07, 6.45) is 4.16. The van der Waals surface area contributed by atoms with E-state index in [-0.39, 0.29) is 23.7 Å². The maximum atomic E-state index is 12.8. The van der Waals surface area contributed by atoms with Crippen molar-refractivity contribution >= 4 is 17.5 Å². The fourth-order valence-corrected chi connectivity index (χ4v) is 4.30. The Labute approximate surface area is 161 Å². The lowest BCUT2D eigenvalue weighted by Crippen LogP contribution is -2.49. The quantitative estimate of drug-likeness (QED) is 0.812. The Hall–Kier alpha value is -2.24. The monoisotopic (exact) mass is 371 g/mol. The maximum Gasteiger partial charge on any atom is 0.226 e. The number of likely N-dealkylation sites (tertiary alicyclic amines) is 1. The Morgan fingerprint density at radius 3 is 1.93 bits per heavy atom. The van der Waals surface area contributed by atoms with E-state index in [1.165, 1.54) is 6.42 Å². The van der Waals surface area contributed by atoms with Crippen molar-refractivity contribution in [2.24, 2.45) is 11.8 Å². The van der Waals surface area contributed by atoms with Crippen LogP contribution in [0.25, 0.3) is 0 Å². The molecule has 1 saturated carbocycles. The highest BCUT2D eigenvalue weighted by molar-refractivity contribution is 5.92. The molecule has 146 valence electrons. The molecule has 0 aromatic heterocycles. The molecule has 1 aromatic rings. The number of hydrogen-bond acceptors (Lipinski definition) is 4. The topological polar surface area (TPSA) is 53.1 Å². The first-order valence-electron chi connectivity index (χ1n) is 10.1. The normalized spacial score (nSPS) is 25.3. The lowest BCUT2D eigenvalue weighted by molar-refractivity contribution is -0.138. The first kappa shape index (κ1) is 18.1. The van der Waals surface area contributed by atoms with Gasteiger partial charge in [0.15, 0.2) is 0 Å². The second-order valence-corrected chi connectivity index (χ2v) is 7.84. The van der Waals surface area contributed by atoms with E-state index in [0.717, 1.165) is 70.0 Å². The molecule has 6 nitrogen and oxygen atoms in total. The molecule has 2 unspecified atom stereocenters. The number of amides is 2. The van der Waals surface area contributed by atoms with Gasteiger partial charge in [-0.05, 0) is 49.9 Å². The Balaban J connectivity index is 1.27. The molecule has 3 fully saturated rings. The Bertz CT molecular complexity index is 676. The van der Waals surface area contributed by atoms with E-state index in [9.17, 15) is 9.59 Å². The number of piperidine rings is 1. The molecule has 0 spiro atoms. The first-order chi connectivity index (χ1) is 13.2. The molecule has 1 aliphatic carbocycles. The fourth-order valence-electron chi connectivity index (χ4n) is 4.30. The number of ether oxygens (including phenoxy) is 1. The van der Waals surface area contributed by atoms with Gasteiger partial charge in [-0.2, -0.15) is 0 Å². The van der Waals surface area contributed by atoms with Gasteiger partial charge in [0, 0.05) is 45.0 Å². The summed E-state index contributed by atoms with van der Waals surface area (Å²) < 4.78 is 5.21. The zero-order valence-electron chi connectivity index (χ0n) is 16.1. The predicted molar refractivity (Wildman–Crippen MR) is 104 cm³/mol. The van der Waals surface area contributed by atoms with Gasteiger partial charge in [-0.25, -0.2) is 0 Å². The van der Waals surface area contributed by atoms with Gasteiger partial charge in [0.25, 0.3) is 0 Å². The van der Waals surface area contributed by atoms with Crippen LogP contribution in [0.4, 0.5) is 5.69 Å². The minimum Gasteiger partial charge on any atom is -0.497 e. The van der Waals surface area contributed by atoms with Crippen LogP contribution >= 0.6 is 0 Å². The van der Waals surface area contributed by atoms with Gasteiger partial charge in [0.1, 0.15) is 5.75 Å². The Morgan fingerprint density at radius 2 is 1.37 bits per heavy atom. The number of carbonyl (C=O) groups is 2. The summed E-state index contributed by atoms with van der Waals surface area (Å²) in [7, 11) is 1.67. The number of hydrogen-bond donors (Lipinski definition) is 0. The minimum absolute atomic E-state index is 0.0600. The van der Waals surface area contributed by atoms with Crippen molar-refractivity contribution in [2.45, 2.75) is 25.7 Å². The summed E-state index contributed by atoms with van der Waals surface area (Å²) in [4.78, 5) is 31.6. The molecular formula is C21H29N3O3. The molecule has 0 bridgehead atoms. The summed E-state index contributed by atoms with van der Waals surface area (Å²) in [5.74, 6) is 1.11. The number of carbonyl (C=O) groups excluding carboxylic acids is 2. The second kappa shape index (κ2) is 7.79. The van der Waals surface area contributed by atoms with Crippen molar-refractivity contribution < 1.29 is 14.3 Å². The standard InChI is InChI=1S/C21H29N3O3/c1-27-17-7-5-16(6-8-17)22-11-13-24(14-12-22)21(26)19-15-18(19)20(25)23-9-3-2-4-10-23/h5-8,18-19H,2-4,9-15H2,1H3. The van der Waals surface area contributed by atoms with Crippen molar-refractivity contribution in [1.82, 2.24) is 9.80 Å². The SMILES string of the molecule is COc1ccc(N2CCN(C(=O)C3CC3C(=O)N3CCCCC3)CC2)cc1. The van der Waals surface area contributed by atoms with Gasteiger partial charge in [-0.3, -0.25) is 9.59 Å². The summed E-state index contributed by atoms with van der Waals surface area (Å²) in [6.45, 7) is 4.86. The van der Waals surface area contributed by atoms with Gasteiger partial charge in [0.05, 0.1) is 18.9 Å². The van der Waals surface area contributed by atoms with Crippen molar-refractivity contribution in [3.8, 4) is 5.75 Å². The van der Waals surface area contributed by atoms with Crippen LogP contribution in [0.15, 0.2) is 24.3 Å². The number of nitrogens with zero attached hydrogens (tertiary/aromatic N) is 3. The van der Waals surface area contributed by atoms with Crippen molar-refractivity contribution in [3.05, 3.63) is 24.3 Å². The van der Waals surface area contributed by atoms with Gasteiger partial charge in [-0.15, -0.1) is 0 Å². The zero-order valence-corrected chi connectivity index (χ0v) is 16.1. The van der Waals surface area contributed by atoms with Crippen LogP contribution in [0, 0.1) is 11.8 Å². The summed E-state index contributed by atoms with van der Waals surface area (Å²) in [6, 6.07) is 8.05. The summed E-state index contributed by atoms with van der Waals surface area (Å²) >= 11 is 0. The molecule has 0 radical (unpaired) electrons. The van der Waals surface area contributed by atoms with Crippen molar-refractivity contribution in [2.75, 3.05) is 51.3 Å². The number of rotatable bonds is 4. The molecule has 1 aromatic carbocycles. The number of piperazine rings is 1. The minimum atomic E-state index is -0.0769. The molecular weight excluding hydrogens is 342 g/mol.